The van der Waals surface area contributed by atoms with Crippen LogP contribution in [0.25, 0.3) is 0 Å². The van der Waals surface area contributed by atoms with Crippen LogP contribution < -0.4 is 5.43 Å². The first-order chi connectivity index (χ1) is 9.20. The molecule has 1 amide bonds. The molecule has 0 unspecified atom stereocenters. The van der Waals surface area contributed by atoms with Gasteiger partial charge in [0.25, 0.3) is 0 Å². The lowest BCUT2D eigenvalue weighted by atomic mass is 10.2. The molecule has 0 aliphatic carbocycles. The maximum atomic E-state index is 12.5. The number of alkyl halides is 2. The van der Waals surface area contributed by atoms with Gasteiger partial charge in [0.15, 0.2) is 0 Å². The average Bonchev–Trinajstić information content (AvgIpc) is 2.32. The number of Topliss-reactive ketones (excluding diaryl/α,β-unsaturated/α-hetero) is 1. The summed E-state index contributed by atoms with van der Waals surface area (Å²) in [6.45, 7) is 5.91. The summed E-state index contributed by atoms with van der Waals surface area (Å²) in [6.07, 6.45) is -2.48. The first kappa shape index (κ1) is 18.0. The number of hydrogen-bond acceptors (Lipinski definition) is 5. The van der Waals surface area contributed by atoms with E-state index >= 15 is 0 Å². The quantitative estimate of drug-likeness (QED) is 0.249. The summed E-state index contributed by atoms with van der Waals surface area (Å²) in [5, 5.41) is 1.09. The van der Waals surface area contributed by atoms with Gasteiger partial charge in [0.1, 0.15) is 5.57 Å². The van der Waals surface area contributed by atoms with Crippen molar-refractivity contribution < 1.29 is 27.9 Å². The van der Waals surface area contributed by atoms with Gasteiger partial charge in [0.2, 0.25) is 11.7 Å². The summed E-state index contributed by atoms with van der Waals surface area (Å²) in [6, 6.07) is -0.353. The van der Waals surface area contributed by atoms with Gasteiger partial charge in [-0.1, -0.05) is 0 Å². The Morgan fingerprint density at radius 1 is 1.30 bits per heavy atom. The van der Waals surface area contributed by atoms with Crippen molar-refractivity contribution in [1.29, 1.82) is 0 Å². The Morgan fingerprint density at radius 3 is 2.20 bits per heavy atom. The minimum Gasteiger partial charge on any atom is -0.462 e. The van der Waals surface area contributed by atoms with Crippen molar-refractivity contribution in [3.8, 4) is 0 Å². The molecule has 0 atom stereocenters. The fraction of sp³-hybridized carbons (Fsp3) is 0.583. The fourth-order valence-electron chi connectivity index (χ4n) is 1.17. The summed E-state index contributed by atoms with van der Waals surface area (Å²) >= 11 is 0. The van der Waals surface area contributed by atoms with E-state index in [1.54, 1.807) is 13.8 Å². The Balaban J connectivity index is 5.45. The molecule has 20 heavy (non-hydrogen) atoms. The number of ether oxygens (including phenoxy) is 1. The van der Waals surface area contributed by atoms with E-state index in [4.69, 9.17) is 0 Å². The molecule has 1 N–H and O–H groups in total. The molecule has 0 aromatic carbocycles. The summed E-state index contributed by atoms with van der Waals surface area (Å²) < 4.78 is 29.5. The number of carbonyl (C=O) groups excluding carboxylic acids is 3. The highest BCUT2D eigenvalue weighted by atomic mass is 19.3. The molecule has 0 radical (unpaired) electrons. The average molecular weight is 292 g/mol. The first-order valence-electron chi connectivity index (χ1n) is 5.97. The third kappa shape index (κ3) is 5.77. The van der Waals surface area contributed by atoms with E-state index in [1.807, 2.05) is 0 Å². The van der Waals surface area contributed by atoms with Crippen LogP contribution in [-0.2, 0) is 19.1 Å². The van der Waals surface area contributed by atoms with Crippen molar-refractivity contribution in [3.63, 3.8) is 0 Å². The van der Waals surface area contributed by atoms with Crippen molar-refractivity contribution in [3.05, 3.63) is 11.8 Å². The molecule has 8 heteroatoms. The van der Waals surface area contributed by atoms with Gasteiger partial charge in [-0.2, -0.15) is 0 Å². The van der Waals surface area contributed by atoms with Crippen molar-refractivity contribution in [2.75, 3.05) is 6.61 Å². The Hall–Kier alpha value is -1.99. The fourth-order valence-corrected chi connectivity index (χ4v) is 1.17. The second-order valence-corrected chi connectivity index (χ2v) is 4.10. The van der Waals surface area contributed by atoms with Crippen LogP contribution in [-0.4, -0.2) is 41.7 Å². The zero-order valence-electron chi connectivity index (χ0n) is 11.8. The SMILES string of the molecule is CCOC(=O)C(=CN(NC(C)=O)C(C)C)C(=O)C(F)F. The number of hydrazine groups is 1. The maximum absolute atomic E-state index is 12.5. The highest BCUT2D eigenvalue weighted by Gasteiger charge is 2.28. The molecule has 0 saturated carbocycles. The second-order valence-electron chi connectivity index (χ2n) is 4.10. The smallest absolute Gasteiger partial charge is 0.343 e. The van der Waals surface area contributed by atoms with Crippen LogP contribution in [0.4, 0.5) is 8.78 Å². The third-order valence-electron chi connectivity index (χ3n) is 2.07. The van der Waals surface area contributed by atoms with Crippen molar-refractivity contribution in [2.24, 2.45) is 0 Å². The summed E-state index contributed by atoms with van der Waals surface area (Å²) in [5.74, 6) is -3.28. The predicted molar refractivity (Wildman–Crippen MR) is 66.5 cm³/mol. The van der Waals surface area contributed by atoms with Crippen LogP contribution in [0.1, 0.15) is 27.7 Å². The highest BCUT2D eigenvalue weighted by Crippen LogP contribution is 2.10. The number of carbonyl (C=O) groups is 3. The molecule has 114 valence electrons. The van der Waals surface area contributed by atoms with Gasteiger partial charge in [-0.3, -0.25) is 20.0 Å². The first-order valence-corrected chi connectivity index (χ1v) is 5.97. The summed E-state index contributed by atoms with van der Waals surface area (Å²) in [7, 11) is 0. The van der Waals surface area contributed by atoms with E-state index in [-0.39, 0.29) is 12.6 Å². The molecule has 0 aliphatic heterocycles. The molecule has 0 aliphatic rings. The molecule has 0 aromatic heterocycles. The van der Waals surface area contributed by atoms with Crippen LogP contribution in [0, 0.1) is 0 Å². The zero-order chi connectivity index (χ0) is 15.9. The van der Waals surface area contributed by atoms with E-state index in [0.717, 1.165) is 11.2 Å². The molecule has 0 rings (SSSR count). The topological polar surface area (TPSA) is 75.7 Å². The van der Waals surface area contributed by atoms with E-state index < -0.39 is 29.7 Å². The lowest BCUT2D eigenvalue weighted by molar-refractivity contribution is -0.142. The van der Waals surface area contributed by atoms with Crippen LogP contribution in [0.3, 0.4) is 0 Å². The number of nitrogens with zero attached hydrogens (tertiary/aromatic N) is 1. The Bertz CT molecular complexity index is 408. The molecule has 0 aromatic rings. The Kier molecular flexibility index (Phi) is 7.42. The summed E-state index contributed by atoms with van der Waals surface area (Å²) in [5.41, 5.74) is 1.50. The number of esters is 1. The molecule has 6 nitrogen and oxygen atoms in total. The van der Waals surface area contributed by atoms with Crippen molar-refractivity contribution in [1.82, 2.24) is 10.4 Å². The van der Waals surface area contributed by atoms with Gasteiger partial charge in [0.05, 0.1) is 6.61 Å². The third-order valence-corrected chi connectivity index (χ3v) is 2.07. The number of ketones is 1. The Labute approximate surface area is 115 Å². The molecular formula is C12H18F2N2O4. The molecule has 0 saturated heterocycles. The van der Waals surface area contributed by atoms with Gasteiger partial charge < -0.3 is 4.74 Å². The largest absolute Gasteiger partial charge is 0.462 e. The number of halogens is 2. The van der Waals surface area contributed by atoms with E-state index in [9.17, 15) is 23.2 Å². The van der Waals surface area contributed by atoms with Gasteiger partial charge in [0, 0.05) is 19.2 Å². The lowest BCUT2D eigenvalue weighted by Crippen LogP contribution is -2.42. The minimum absolute atomic E-state index is 0.0610. The van der Waals surface area contributed by atoms with Gasteiger partial charge in [-0.25, -0.2) is 13.6 Å². The van der Waals surface area contributed by atoms with Gasteiger partial charge >= 0.3 is 12.4 Å². The van der Waals surface area contributed by atoms with Crippen LogP contribution in [0.2, 0.25) is 0 Å². The maximum Gasteiger partial charge on any atom is 0.343 e. The number of rotatable bonds is 7. The lowest BCUT2D eigenvalue weighted by Gasteiger charge is -2.25. The second kappa shape index (κ2) is 8.23. The Morgan fingerprint density at radius 2 is 1.85 bits per heavy atom. The number of hydrogen-bond donors (Lipinski definition) is 1. The molecular weight excluding hydrogens is 274 g/mol. The monoisotopic (exact) mass is 292 g/mol. The van der Waals surface area contributed by atoms with Crippen LogP contribution in [0.15, 0.2) is 11.8 Å². The molecule has 0 fully saturated rings. The van der Waals surface area contributed by atoms with E-state index in [2.05, 4.69) is 10.2 Å². The number of nitrogens with one attached hydrogen (secondary N) is 1. The molecule has 0 heterocycles. The highest BCUT2D eigenvalue weighted by molar-refractivity contribution is 6.18. The van der Waals surface area contributed by atoms with Crippen molar-refractivity contribution in [2.45, 2.75) is 40.2 Å². The minimum atomic E-state index is -3.34. The normalized spacial score (nSPS) is 11.5. The molecule has 0 spiro atoms. The van der Waals surface area contributed by atoms with Gasteiger partial charge in [-0.15, -0.1) is 0 Å². The van der Waals surface area contributed by atoms with E-state index in [1.165, 1.54) is 13.8 Å². The number of amides is 1. The molecule has 0 bridgehead atoms. The predicted octanol–water partition coefficient (Wildman–Crippen LogP) is 1.03. The summed E-state index contributed by atoms with van der Waals surface area (Å²) in [4.78, 5) is 33.9. The van der Waals surface area contributed by atoms with Crippen LogP contribution in [0.5, 0.6) is 0 Å². The van der Waals surface area contributed by atoms with Crippen LogP contribution >= 0.6 is 0 Å². The zero-order valence-corrected chi connectivity index (χ0v) is 11.8. The van der Waals surface area contributed by atoms with Gasteiger partial charge in [-0.05, 0) is 20.8 Å². The van der Waals surface area contributed by atoms with E-state index in [0.29, 0.717) is 0 Å². The van der Waals surface area contributed by atoms with Crippen molar-refractivity contribution >= 4 is 17.7 Å². The standard InChI is InChI=1S/C12H18F2N2O4/c1-5-20-12(19)9(10(18)11(13)14)6-16(7(2)3)15-8(4)17/h6-7,11H,5H2,1-4H3,(H,15,17).